The largest absolute Gasteiger partial charge is 0.329 e. The van der Waals surface area contributed by atoms with Crippen molar-refractivity contribution in [3.05, 3.63) is 34.7 Å². The van der Waals surface area contributed by atoms with Crippen LogP contribution in [0.4, 0.5) is 0 Å². The molecule has 0 fully saturated rings. The van der Waals surface area contributed by atoms with Crippen LogP contribution >= 0.6 is 0 Å². The van der Waals surface area contributed by atoms with Crippen molar-refractivity contribution >= 4 is 11.0 Å². The maximum absolute atomic E-state index is 12.1. The van der Waals surface area contributed by atoms with Gasteiger partial charge in [-0.25, -0.2) is 4.79 Å². The molecule has 0 unspecified atom stereocenters. The van der Waals surface area contributed by atoms with Crippen molar-refractivity contribution in [1.82, 2.24) is 9.13 Å². The Labute approximate surface area is 87.9 Å². The quantitative estimate of drug-likeness (QED) is 0.641. The van der Waals surface area contributed by atoms with Crippen LogP contribution in [0.25, 0.3) is 11.0 Å². The fourth-order valence-electron chi connectivity index (χ4n) is 2.42. The van der Waals surface area contributed by atoms with Crippen molar-refractivity contribution in [1.29, 1.82) is 0 Å². The van der Waals surface area contributed by atoms with Gasteiger partial charge in [0.05, 0.1) is 11.0 Å². The molecule has 2 heterocycles. The molecule has 0 atom stereocenters. The standard InChI is InChI=1S/C12H14N2O/c15-12-13-8-4-1-5-9-14(12)11-7-3-2-6-10(11)13/h2-3,6-7H,1,4-5,8-9H2. The molecule has 15 heavy (non-hydrogen) atoms. The molecule has 1 aromatic heterocycles. The zero-order valence-corrected chi connectivity index (χ0v) is 8.65. The summed E-state index contributed by atoms with van der Waals surface area (Å²) in [5, 5.41) is 0. The summed E-state index contributed by atoms with van der Waals surface area (Å²) in [6.45, 7) is 1.73. The molecular formula is C12H14N2O. The van der Waals surface area contributed by atoms with Crippen LogP contribution in [0.5, 0.6) is 0 Å². The summed E-state index contributed by atoms with van der Waals surface area (Å²) in [5.41, 5.74) is 2.34. The van der Waals surface area contributed by atoms with Crippen LogP contribution in [-0.2, 0) is 13.1 Å². The van der Waals surface area contributed by atoms with Gasteiger partial charge in [0, 0.05) is 13.1 Å². The van der Waals surface area contributed by atoms with Gasteiger partial charge in [-0.3, -0.25) is 9.13 Å². The molecule has 1 aliphatic rings. The number of aromatic nitrogens is 2. The van der Waals surface area contributed by atoms with Crippen molar-refractivity contribution in [2.24, 2.45) is 0 Å². The van der Waals surface area contributed by atoms with E-state index in [0.717, 1.165) is 37.0 Å². The summed E-state index contributed by atoms with van der Waals surface area (Å²) < 4.78 is 3.82. The lowest BCUT2D eigenvalue weighted by Gasteiger charge is -2.06. The Bertz CT molecular complexity index is 504. The Morgan fingerprint density at radius 1 is 0.867 bits per heavy atom. The van der Waals surface area contributed by atoms with Crippen LogP contribution in [0.3, 0.4) is 0 Å². The highest BCUT2D eigenvalue weighted by Gasteiger charge is 2.13. The second-order valence-corrected chi connectivity index (χ2v) is 4.14. The molecule has 0 radical (unpaired) electrons. The average molecular weight is 202 g/mol. The third-order valence-corrected chi connectivity index (χ3v) is 3.19. The Morgan fingerprint density at radius 2 is 1.40 bits per heavy atom. The van der Waals surface area contributed by atoms with Gasteiger partial charge in [-0.1, -0.05) is 12.1 Å². The molecule has 0 N–H and O–H groups in total. The van der Waals surface area contributed by atoms with Crippen molar-refractivity contribution in [3.8, 4) is 0 Å². The normalized spacial score (nSPS) is 16.3. The molecule has 0 saturated heterocycles. The number of rotatable bonds is 0. The van der Waals surface area contributed by atoms with E-state index in [9.17, 15) is 4.79 Å². The van der Waals surface area contributed by atoms with Crippen LogP contribution in [0.1, 0.15) is 19.3 Å². The lowest BCUT2D eigenvalue weighted by atomic mass is 10.2. The average Bonchev–Trinajstić information content (AvgIpc) is 2.55. The molecule has 2 bridgehead atoms. The second-order valence-electron chi connectivity index (χ2n) is 4.14. The van der Waals surface area contributed by atoms with Gasteiger partial charge < -0.3 is 0 Å². The van der Waals surface area contributed by atoms with Gasteiger partial charge in [0.1, 0.15) is 0 Å². The number of fused-ring (bicyclic) bond motifs is 5. The van der Waals surface area contributed by atoms with Crippen molar-refractivity contribution < 1.29 is 0 Å². The molecule has 0 amide bonds. The van der Waals surface area contributed by atoms with Gasteiger partial charge in [-0.05, 0) is 31.4 Å². The molecule has 1 aliphatic heterocycles. The van der Waals surface area contributed by atoms with Gasteiger partial charge in [-0.15, -0.1) is 0 Å². The number of para-hydroxylation sites is 2. The van der Waals surface area contributed by atoms with E-state index in [-0.39, 0.29) is 5.69 Å². The molecule has 3 rings (SSSR count). The van der Waals surface area contributed by atoms with Crippen molar-refractivity contribution in [2.45, 2.75) is 32.4 Å². The summed E-state index contributed by atoms with van der Waals surface area (Å²) in [4.78, 5) is 12.1. The third-order valence-electron chi connectivity index (χ3n) is 3.19. The fraction of sp³-hybridized carbons (Fsp3) is 0.417. The van der Waals surface area contributed by atoms with Crippen LogP contribution in [0.2, 0.25) is 0 Å². The highest BCUT2D eigenvalue weighted by Crippen LogP contribution is 2.16. The molecule has 0 saturated carbocycles. The zero-order valence-electron chi connectivity index (χ0n) is 8.65. The van der Waals surface area contributed by atoms with Gasteiger partial charge >= 0.3 is 5.69 Å². The number of aryl methyl sites for hydroxylation is 2. The highest BCUT2D eigenvalue weighted by atomic mass is 16.1. The topological polar surface area (TPSA) is 26.9 Å². The molecule has 78 valence electrons. The summed E-state index contributed by atoms with van der Waals surface area (Å²) in [6, 6.07) is 8.08. The van der Waals surface area contributed by atoms with Gasteiger partial charge in [0.2, 0.25) is 0 Å². The van der Waals surface area contributed by atoms with E-state index in [1.54, 1.807) is 0 Å². The summed E-state index contributed by atoms with van der Waals surface area (Å²) in [6.07, 6.45) is 3.45. The first-order valence-electron chi connectivity index (χ1n) is 5.56. The maximum Gasteiger partial charge on any atom is 0.329 e. The smallest absolute Gasteiger partial charge is 0.292 e. The predicted molar refractivity (Wildman–Crippen MR) is 60.0 cm³/mol. The first kappa shape index (κ1) is 8.77. The molecule has 0 spiro atoms. The number of hydrogen-bond acceptors (Lipinski definition) is 1. The van der Waals surface area contributed by atoms with E-state index >= 15 is 0 Å². The first-order chi connectivity index (χ1) is 7.38. The van der Waals surface area contributed by atoms with Crippen LogP contribution in [-0.4, -0.2) is 9.13 Å². The fourth-order valence-corrected chi connectivity index (χ4v) is 2.42. The van der Waals surface area contributed by atoms with Crippen LogP contribution in [0, 0.1) is 0 Å². The Hall–Kier alpha value is -1.51. The minimum Gasteiger partial charge on any atom is -0.292 e. The number of nitrogens with zero attached hydrogens (tertiary/aromatic N) is 2. The van der Waals surface area contributed by atoms with E-state index in [1.807, 2.05) is 33.4 Å². The van der Waals surface area contributed by atoms with Crippen molar-refractivity contribution in [3.63, 3.8) is 0 Å². The maximum atomic E-state index is 12.1. The molecule has 2 aromatic rings. The van der Waals surface area contributed by atoms with Gasteiger partial charge in [0.25, 0.3) is 0 Å². The Morgan fingerprint density at radius 3 is 1.93 bits per heavy atom. The number of hydrogen-bond donors (Lipinski definition) is 0. The van der Waals surface area contributed by atoms with Crippen molar-refractivity contribution in [2.75, 3.05) is 0 Å². The predicted octanol–water partition coefficient (Wildman–Crippen LogP) is 1.99. The molecule has 3 heteroatoms. The summed E-state index contributed by atoms with van der Waals surface area (Å²) in [5.74, 6) is 0. The minimum atomic E-state index is 0.163. The molecule has 1 aromatic carbocycles. The lowest BCUT2D eigenvalue weighted by Crippen LogP contribution is -2.26. The van der Waals surface area contributed by atoms with Crippen LogP contribution in [0.15, 0.2) is 29.1 Å². The van der Waals surface area contributed by atoms with E-state index < -0.39 is 0 Å². The van der Waals surface area contributed by atoms with Gasteiger partial charge in [0.15, 0.2) is 0 Å². The van der Waals surface area contributed by atoms with E-state index in [2.05, 4.69) is 0 Å². The number of benzene rings is 1. The lowest BCUT2D eigenvalue weighted by molar-refractivity contribution is 0.501. The molecular weight excluding hydrogens is 188 g/mol. The zero-order chi connectivity index (χ0) is 10.3. The Kier molecular flexibility index (Phi) is 1.91. The van der Waals surface area contributed by atoms with Gasteiger partial charge in [-0.2, -0.15) is 0 Å². The van der Waals surface area contributed by atoms with Crippen LogP contribution < -0.4 is 5.69 Å². The molecule has 3 nitrogen and oxygen atoms in total. The highest BCUT2D eigenvalue weighted by molar-refractivity contribution is 5.75. The first-order valence-corrected chi connectivity index (χ1v) is 5.56. The summed E-state index contributed by atoms with van der Waals surface area (Å²) in [7, 11) is 0. The van der Waals surface area contributed by atoms with E-state index in [4.69, 9.17) is 0 Å². The molecule has 0 aliphatic carbocycles. The second kappa shape index (κ2) is 3.26. The Balaban J connectivity index is 2.40. The van der Waals surface area contributed by atoms with E-state index in [0.29, 0.717) is 0 Å². The monoisotopic (exact) mass is 202 g/mol. The summed E-state index contributed by atoms with van der Waals surface area (Å²) >= 11 is 0. The minimum absolute atomic E-state index is 0.163. The number of imidazole rings is 1. The SMILES string of the molecule is O=c1n2c3ccccc3n1CCCCC2. The third kappa shape index (κ3) is 1.23. The van der Waals surface area contributed by atoms with E-state index in [1.165, 1.54) is 6.42 Å².